The van der Waals surface area contributed by atoms with Crippen molar-refractivity contribution in [2.75, 3.05) is 0 Å². The third-order valence-electron chi connectivity index (χ3n) is 6.70. The summed E-state index contributed by atoms with van der Waals surface area (Å²) in [6, 6.07) is 11.7. The number of carbonyl (C=O) groups excluding carboxylic acids is 4. The Hall–Kier alpha value is -3.68. The maximum absolute atomic E-state index is 13.2. The molecule has 2 aromatic rings. The van der Waals surface area contributed by atoms with Gasteiger partial charge in [0.25, 0.3) is 5.91 Å². The van der Waals surface area contributed by atoms with Gasteiger partial charge in [-0.1, -0.05) is 38.3 Å². The lowest BCUT2D eigenvalue weighted by Gasteiger charge is -2.29. The standard InChI is InChI=1S/C27H31N3O5/c1-2-3-4-5-9-23(35-18-12-10-17(11-13-18)25(28)32)19-7-6-8-20-21(19)16-30(27(20)34)22-14-15-24(31)29-26(22)33/h6-8,10-13,22-23H,2-5,9,14-16H2,1H3,(H2,28,32)(H,29,31,33). The van der Waals surface area contributed by atoms with Crippen molar-refractivity contribution in [2.45, 2.75) is 70.6 Å². The Balaban J connectivity index is 1.60. The number of amides is 4. The Labute approximate surface area is 204 Å². The van der Waals surface area contributed by atoms with Gasteiger partial charge < -0.3 is 15.4 Å². The first-order valence-electron chi connectivity index (χ1n) is 12.2. The van der Waals surface area contributed by atoms with Crippen LogP contribution in [0.2, 0.25) is 0 Å². The molecule has 4 amide bonds. The first-order chi connectivity index (χ1) is 16.9. The average Bonchev–Trinajstić information content (AvgIpc) is 3.18. The van der Waals surface area contributed by atoms with Crippen molar-refractivity contribution in [3.8, 4) is 5.75 Å². The Bertz CT molecular complexity index is 1130. The average molecular weight is 478 g/mol. The van der Waals surface area contributed by atoms with Crippen molar-refractivity contribution >= 4 is 23.6 Å². The molecule has 0 aromatic heterocycles. The summed E-state index contributed by atoms with van der Waals surface area (Å²) in [5.74, 6) is -0.822. The molecular formula is C27H31N3O5. The van der Waals surface area contributed by atoms with E-state index >= 15 is 0 Å². The summed E-state index contributed by atoms with van der Waals surface area (Å²) in [5.41, 5.74) is 8.10. The maximum Gasteiger partial charge on any atom is 0.255 e. The SMILES string of the molecule is CCCCCCC(Oc1ccc(C(N)=O)cc1)c1cccc2c1CN(C1CCC(=O)NC1=O)C2=O. The zero-order valence-corrected chi connectivity index (χ0v) is 19.9. The largest absolute Gasteiger partial charge is 0.486 e. The predicted molar refractivity (Wildman–Crippen MR) is 130 cm³/mol. The van der Waals surface area contributed by atoms with Gasteiger partial charge in [-0.25, -0.2) is 0 Å². The molecule has 0 saturated carbocycles. The molecule has 3 N–H and O–H groups in total. The highest BCUT2D eigenvalue weighted by Crippen LogP contribution is 2.36. The molecule has 2 aliphatic heterocycles. The van der Waals surface area contributed by atoms with Crippen molar-refractivity contribution in [3.05, 3.63) is 64.7 Å². The maximum atomic E-state index is 13.2. The van der Waals surface area contributed by atoms with Crippen LogP contribution in [0.15, 0.2) is 42.5 Å². The highest BCUT2D eigenvalue weighted by atomic mass is 16.5. The van der Waals surface area contributed by atoms with Crippen molar-refractivity contribution in [1.29, 1.82) is 0 Å². The lowest BCUT2D eigenvalue weighted by atomic mass is 9.95. The topological polar surface area (TPSA) is 119 Å². The van der Waals surface area contributed by atoms with Gasteiger partial charge in [0, 0.05) is 24.1 Å². The normalized spacial score (nSPS) is 18.3. The number of nitrogens with one attached hydrogen (secondary N) is 1. The first kappa shape index (κ1) is 24.4. The summed E-state index contributed by atoms with van der Waals surface area (Å²) in [7, 11) is 0. The number of unbranched alkanes of at least 4 members (excludes halogenated alkanes) is 3. The van der Waals surface area contributed by atoms with Gasteiger partial charge in [-0.15, -0.1) is 0 Å². The Morgan fingerprint density at radius 3 is 2.57 bits per heavy atom. The summed E-state index contributed by atoms with van der Waals surface area (Å²) in [6.07, 6.45) is 5.30. The highest BCUT2D eigenvalue weighted by Gasteiger charge is 2.40. The van der Waals surface area contributed by atoms with Crippen LogP contribution in [0.1, 0.15) is 89.8 Å². The fraction of sp³-hybridized carbons (Fsp3) is 0.407. The van der Waals surface area contributed by atoms with E-state index in [0.717, 1.165) is 43.2 Å². The second-order valence-corrected chi connectivity index (χ2v) is 9.12. The number of fused-ring (bicyclic) bond motifs is 1. The second-order valence-electron chi connectivity index (χ2n) is 9.12. The molecule has 2 heterocycles. The van der Waals surface area contributed by atoms with Gasteiger partial charge in [0.15, 0.2) is 0 Å². The molecular weight excluding hydrogens is 446 g/mol. The minimum Gasteiger partial charge on any atom is -0.486 e. The number of rotatable bonds is 10. The quantitative estimate of drug-likeness (QED) is 0.400. The van der Waals surface area contributed by atoms with E-state index in [4.69, 9.17) is 10.5 Å². The number of imide groups is 1. The van der Waals surface area contributed by atoms with Crippen LogP contribution in [0.4, 0.5) is 0 Å². The van der Waals surface area contributed by atoms with Gasteiger partial charge >= 0.3 is 0 Å². The number of hydrogen-bond acceptors (Lipinski definition) is 5. The first-order valence-corrected chi connectivity index (χ1v) is 12.2. The number of nitrogens with two attached hydrogens (primary N) is 1. The number of hydrogen-bond donors (Lipinski definition) is 2. The van der Waals surface area contributed by atoms with Crippen LogP contribution < -0.4 is 15.8 Å². The molecule has 2 unspecified atom stereocenters. The second kappa shape index (κ2) is 10.7. The molecule has 0 spiro atoms. The van der Waals surface area contributed by atoms with Crippen LogP contribution in [0.25, 0.3) is 0 Å². The van der Waals surface area contributed by atoms with E-state index in [2.05, 4.69) is 12.2 Å². The Morgan fingerprint density at radius 2 is 1.89 bits per heavy atom. The smallest absolute Gasteiger partial charge is 0.255 e. The number of benzene rings is 2. The van der Waals surface area contributed by atoms with Gasteiger partial charge in [0.1, 0.15) is 17.9 Å². The summed E-state index contributed by atoms with van der Waals surface area (Å²) in [6.45, 7) is 2.46. The van der Waals surface area contributed by atoms with Gasteiger partial charge in [0.05, 0.1) is 0 Å². The summed E-state index contributed by atoms with van der Waals surface area (Å²) in [4.78, 5) is 50.2. The summed E-state index contributed by atoms with van der Waals surface area (Å²) in [5, 5.41) is 2.35. The van der Waals surface area contributed by atoms with E-state index in [1.165, 1.54) is 0 Å². The minimum atomic E-state index is -0.661. The number of nitrogens with zero attached hydrogens (tertiary/aromatic N) is 1. The molecule has 0 bridgehead atoms. The molecule has 35 heavy (non-hydrogen) atoms. The number of piperidine rings is 1. The monoisotopic (exact) mass is 477 g/mol. The number of carbonyl (C=O) groups is 4. The number of ether oxygens (including phenoxy) is 1. The molecule has 0 radical (unpaired) electrons. The fourth-order valence-electron chi connectivity index (χ4n) is 4.81. The van der Waals surface area contributed by atoms with Crippen molar-refractivity contribution in [3.63, 3.8) is 0 Å². The van der Waals surface area contributed by atoms with Crippen LogP contribution in [-0.4, -0.2) is 34.6 Å². The molecule has 8 nitrogen and oxygen atoms in total. The highest BCUT2D eigenvalue weighted by molar-refractivity contribution is 6.05. The van der Waals surface area contributed by atoms with E-state index < -0.39 is 17.9 Å². The van der Waals surface area contributed by atoms with Crippen molar-refractivity contribution in [2.24, 2.45) is 5.73 Å². The molecule has 184 valence electrons. The lowest BCUT2D eigenvalue weighted by molar-refractivity contribution is -0.136. The molecule has 1 saturated heterocycles. The van der Waals surface area contributed by atoms with Gasteiger partial charge in [-0.2, -0.15) is 0 Å². The van der Waals surface area contributed by atoms with Crippen LogP contribution in [0.3, 0.4) is 0 Å². The number of primary amides is 1. The van der Waals surface area contributed by atoms with Crippen LogP contribution in [0, 0.1) is 0 Å². The molecule has 4 rings (SSSR count). The zero-order chi connectivity index (χ0) is 24.9. The van der Waals surface area contributed by atoms with Crippen LogP contribution >= 0.6 is 0 Å². The zero-order valence-electron chi connectivity index (χ0n) is 19.9. The predicted octanol–water partition coefficient (Wildman–Crippen LogP) is 3.64. The van der Waals surface area contributed by atoms with E-state index in [1.54, 1.807) is 35.2 Å². The minimum absolute atomic E-state index is 0.202. The van der Waals surface area contributed by atoms with E-state index in [1.807, 2.05) is 12.1 Å². The van der Waals surface area contributed by atoms with E-state index in [-0.39, 0.29) is 24.3 Å². The van der Waals surface area contributed by atoms with Gasteiger partial charge in [-0.05, 0) is 60.7 Å². The van der Waals surface area contributed by atoms with E-state index in [9.17, 15) is 19.2 Å². The summed E-state index contributed by atoms with van der Waals surface area (Å²) < 4.78 is 6.39. The third kappa shape index (κ3) is 5.37. The molecule has 8 heteroatoms. The van der Waals surface area contributed by atoms with Gasteiger partial charge in [-0.3, -0.25) is 24.5 Å². The summed E-state index contributed by atoms with van der Waals surface area (Å²) >= 11 is 0. The van der Waals surface area contributed by atoms with Crippen LogP contribution in [-0.2, 0) is 16.1 Å². The Kier molecular flexibility index (Phi) is 7.48. The fourth-order valence-corrected chi connectivity index (χ4v) is 4.81. The molecule has 0 aliphatic carbocycles. The third-order valence-corrected chi connectivity index (χ3v) is 6.70. The van der Waals surface area contributed by atoms with Crippen molar-refractivity contribution in [1.82, 2.24) is 10.2 Å². The molecule has 2 aliphatic rings. The van der Waals surface area contributed by atoms with Gasteiger partial charge in [0.2, 0.25) is 17.7 Å². The van der Waals surface area contributed by atoms with Crippen molar-refractivity contribution < 1.29 is 23.9 Å². The van der Waals surface area contributed by atoms with Crippen LogP contribution in [0.5, 0.6) is 5.75 Å². The molecule has 1 fully saturated rings. The molecule has 2 atom stereocenters. The molecule has 2 aromatic carbocycles. The lowest BCUT2D eigenvalue weighted by Crippen LogP contribution is -2.52. The van der Waals surface area contributed by atoms with E-state index in [0.29, 0.717) is 29.8 Å². The Morgan fingerprint density at radius 1 is 1.11 bits per heavy atom.